The normalized spacial score (nSPS) is 7.79. The van der Waals surface area contributed by atoms with Crippen LogP contribution >= 0.6 is 0 Å². The Kier molecular flexibility index (Phi) is 6.60. The second-order valence-electron chi connectivity index (χ2n) is 2.35. The third kappa shape index (κ3) is 5.66. The number of nitrogens with zero attached hydrogens (tertiary/aromatic N) is 5. The van der Waals surface area contributed by atoms with Gasteiger partial charge in [0.2, 0.25) is 6.33 Å². The van der Waals surface area contributed by atoms with E-state index in [9.17, 15) is 0 Å². The van der Waals surface area contributed by atoms with Gasteiger partial charge in [0.15, 0.2) is 0 Å². The summed E-state index contributed by atoms with van der Waals surface area (Å²) in [5, 5.41) is 23.4. The molecular weight excluding hydrogens is 182 g/mol. The van der Waals surface area contributed by atoms with E-state index < -0.39 is 0 Å². The molecule has 0 aliphatic carbocycles. The van der Waals surface area contributed by atoms with Gasteiger partial charge < -0.3 is 15.5 Å². The average molecular weight is 193 g/mol. The van der Waals surface area contributed by atoms with Gasteiger partial charge >= 0.3 is 0 Å². The minimum Gasteiger partial charge on any atom is -0.422 e. The van der Waals surface area contributed by atoms with E-state index in [-0.39, 0.29) is 6.61 Å². The maximum atomic E-state index is 8.50. The molecule has 14 heavy (non-hydrogen) atoms. The summed E-state index contributed by atoms with van der Waals surface area (Å²) in [5.41, 5.74) is 0. The number of aliphatic imine (C=N–C) groups is 1. The van der Waals surface area contributed by atoms with Crippen molar-refractivity contribution in [1.29, 1.82) is 5.26 Å². The number of aromatic nitrogens is 2. The van der Waals surface area contributed by atoms with E-state index in [4.69, 9.17) is 15.8 Å². The lowest BCUT2D eigenvalue weighted by Crippen LogP contribution is -2.23. The second kappa shape index (κ2) is 7.68. The second-order valence-corrected chi connectivity index (χ2v) is 2.35. The SMILES string of the molecule is C[n+]1ccn(CCO)c1.N#CN=C=[N-]. The van der Waals surface area contributed by atoms with E-state index in [2.05, 4.69) is 4.99 Å². The number of imidazole rings is 1. The third-order valence-corrected chi connectivity index (χ3v) is 1.28. The molecule has 0 bridgehead atoms. The number of rotatable bonds is 2. The molecule has 0 atom stereocenters. The Morgan fingerprint density at radius 3 is 2.71 bits per heavy atom. The summed E-state index contributed by atoms with van der Waals surface area (Å²) in [4.78, 5) is 2.58. The van der Waals surface area contributed by atoms with Gasteiger partial charge in [0.25, 0.3) is 0 Å². The maximum Gasteiger partial charge on any atom is 0.243 e. The first-order valence-electron chi connectivity index (χ1n) is 3.84. The molecular formula is C8H11N5O. The Morgan fingerprint density at radius 1 is 1.71 bits per heavy atom. The zero-order valence-corrected chi connectivity index (χ0v) is 7.83. The van der Waals surface area contributed by atoms with Gasteiger partial charge in [-0.1, -0.05) is 0 Å². The van der Waals surface area contributed by atoms with E-state index in [1.807, 2.05) is 34.9 Å². The maximum absolute atomic E-state index is 8.50. The highest BCUT2D eigenvalue weighted by Crippen LogP contribution is 1.80. The van der Waals surface area contributed by atoms with Crippen LogP contribution in [-0.4, -0.2) is 22.3 Å². The highest BCUT2D eigenvalue weighted by molar-refractivity contribution is 5.46. The zero-order valence-electron chi connectivity index (χ0n) is 7.83. The largest absolute Gasteiger partial charge is 0.422 e. The van der Waals surface area contributed by atoms with Crippen LogP contribution in [-0.2, 0) is 13.6 Å². The Hall–Kier alpha value is -1.96. The van der Waals surface area contributed by atoms with Gasteiger partial charge in [-0.2, -0.15) is 5.26 Å². The van der Waals surface area contributed by atoms with Gasteiger partial charge in [-0.3, -0.25) is 0 Å². The van der Waals surface area contributed by atoms with Crippen LogP contribution in [0.3, 0.4) is 0 Å². The van der Waals surface area contributed by atoms with Crippen LogP contribution in [0.25, 0.3) is 5.41 Å². The third-order valence-electron chi connectivity index (χ3n) is 1.28. The summed E-state index contributed by atoms with van der Waals surface area (Å²) >= 11 is 0. The molecule has 0 aromatic carbocycles. The molecule has 1 aromatic heterocycles. The van der Waals surface area contributed by atoms with Crippen molar-refractivity contribution in [1.82, 2.24) is 4.57 Å². The van der Waals surface area contributed by atoms with Gasteiger partial charge in [-0.15, -0.1) is 6.01 Å². The number of aliphatic hydroxyl groups is 1. The summed E-state index contributed by atoms with van der Waals surface area (Å²) < 4.78 is 3.87. The van der Waals surface area contributed by atoms with Gasteiger partial charge in [0.05, 0.1) is 19.8 Å². The molecule has 0 spiro atoms. The zero-order chi connectivity index (χ0) is 10.8. The van der Waals surface area contributed by atoms with Crippen LogP contribution < -0.4 is 4.57 Å². The monoisotopic (exact) mass is 193 g/mol. The molecule has 1 aromatic rings. The predicted molar refractivity (Wildman–Crippen MR) is 49.1 cm³/mol. The van der Waals surface area contributed by atoms with Crippen molar-refractivity contribution in [2.24, 2.45) is 12.0 Å². The van der Waals surface area contributed by atoms with Gasteiger partial charge in [-0.25, -0.2) is 9.13 Å². The van der Waals surface area contributed by atoms with Crippen LogP contribution in [0.1, 0.15) is 0 Å². The number of hydrogen-bond donors (Lipinski definition) is 1. The minimum atomic E-state index is 0.203. The minimum absolute atomic E-state index is 0.203. The molecule has 1 heterocycles. The number of aliphatic hydroxyl groups excluding tert-OH is 1. The van der Waals surface area contributed by atoms with E-state index in [1.165, 1.54) is 12.2 Å². The highest BCUT2D eigenvalue weighted by atomic mass is 16.3. The molecule has 0 unspecified atom stereocenters. The van der Waals surface area contributed by atoms with Gasteiger partial charge in [0.1, 0.15) is 18.9 Å². The highest BCUT2D eigenvalue weighted by Gasteiger charge is 1.95. The Labute approximate surface area is 81.9 Å². The van der Waals surface area contributed by atoms with Crippen LogP contribution in [0.5, 0.6) is 0 Å². The van der Waals surface area contributed by atoms with Crippen molar-refractivity contribution in [3.8, 4) is 6.19 Å². The van der Waals surface area contributed by atoms with Crippen molar-refractivity contribution < 1.29 is 9.67 Å². The topological polar surface area (TPSA) is 87.5 Å². The standard InChI is InChI=1S/C6H11N2O.C2N3/c1-7-2-3-8(6-7)4-5-9;3-1-5-2-4/h2-3,6,9H,4-5H2,1H3;/q+1;-1. The molecule has 0 radical (unpaired) electrons. The summed E-state index contributed by atoms with van der Waals surface area (Å²) in [7, 11) is 1.95. The summed E-state index contributed by atoms with van der Waals surface area (Å²) in [5.74, 6) is 0. The Balaban J connectivity index is 0.000000292. The molecule has 0 saturated heterocycles. The van der Waals surface area contributed by atoms with Crippen molar-refractivity contribution in [2.75, 3.05) is 6.61 Å². The Morgan fingerprint density at radius 2 is 2.43 bits per heavy atom. The lowest BCUT2D eigenvalue weighted by molar-refractivity contribution is -0.671. The molecule has 6 nitrogen and oxygen atoms in total. The molecule has 74 valence electrons. The van der Waals surface area contributed by atoms with Crippen molar-refractivity contribution in [3.63, 3.8) is 0 Å². The average Bonchev–Trinajstić information content (AvgIpc) is 2.55. The number of hydrogen-bond acceptors (Lipinski definition) is 3. The van der Waals surface area contributed by atoms with E-state index in [1.54, 1.807) is 0 Å². The lowest BCUT2D eigenvalue weighted by atomic mass is 10.7. The summed E-state index contributed by atoms with van der Waals surface area (Å²) in [6, 6.07) is 1.28. The molecule has 1 rings (SSSR count). The van der Waals surface area contributed by atoms with Crippen molar-refractivity contribution in [3.05, 3.63) is 24.1 Å². The molecule has 0 amide bonds. The fourth-order valence-electron chi connectivity index (χ4n) is 0.772. The van der Waals surface area contributed by atoms with Gasteiger partial charge in [0, 0.05) is 0 Å². The van der Waals surface area contributed by atoms with E-state index in [0.29, 0.717) is 6.54 Å². The first-order chi connectivity index (χ1) is 6.74. The number of nitriles is 1. The van der Waals surface area contributed by atoms with Crippen molar-refractivity contribution >= 4 is 6.01 Å². The summed E-state index contributed by atoms with van der Waals surface area (Å²) in [6.45, 7) is 0.884. The number of aryl methyl sites for hydroxylation is 1. The van der Waals surface area contributed by atoms with Crippen LogP contribution in [0.4, 0.5) is 0 Å². The Bertz CT molecular complexity index is 345. The predicted octanol–water partition coefficient (Wildman–Crippen LogP) is -0.484. The van der Waals surface area contributed by atoms with Crippen LogP contribution in [0, 0.1) is 11.5 Å². The van der Waals surface area contributed by atoms with Gasteiger partial charge in [-0.05, 0) is 0 Å². The molecule has 0 aliphatic rings. The fraction of sp³-hybridized carbons (Fsp3) is 0.375. The molecule has 0 saturated carbocycles. The molecule has 0 aliphatic heterocycles. The quantitative estimate of drug-likeness (QED) is 0.390. The van der Waals surface area contributed by atoms with Crippen molar-refractivity contribution in [2.45, 2.75) is 6.54 Å². The van der Waals surface area contributed by atoms with Crippen LogP contribution in [0.15, 0.2) is 23.7 Å². The molecule has 1 N–H and O–H groups in total. The first kappa shape index (κ1) is 12.0. The van der Waals surface area contributed by atoms with Crippen LogP contribution in [0.2, 0.25) is 0 Å². The molecule has 0 fully saturated rings. The van der Waals surface area contributed by atoms with E-state index >= 15 is 0 Å². The fourth-order valence-corrected chi connectivity index (χ4v) is 0.772. The van der Waals surface area contributed by atoms with E-state index in [0.717, 1.165) is 0 Å². The molecule has 6 heteroatoms. The lowest BCUT2D eigenvalue weighted by Gasteiger charge is -1.86. The summed E-state index contributed by atoms with van der Waals surface area (Å²) in [6.07, 6.45) is 7.08. The smallest absolute Gasteiger partial charge is 0.243 e. The first-order valence-corrected chi connectivity index (χ1v) is 3.84.